The van der Waals surface area contributed by atoms with Gasteiger partial charge in [-0.05, 0) is 30.0 Å². The average molecular weight is 222 g/mol. The van der Waals surface area contributed by atoms with Crippen molar-refractivity contribution in [3.8, 4) is 5.75 Å². The molecule has 0 fully saturated rings. The molecule has 0 heterocycles. The van der Waals surface area contributed by atoms with E-state index in [4.69, 9.17) is 4.74 Å². The van der Waals surface area contributed by atoms with E-state index in [1.54, 1.807) is 7.11 Å². The van der Waals surface area contributed by atoms with Crippen molar-refractivity contribution < 1.29 is 9.84 Å². The molecule has 1 atom stereocenters. The lowest BCUT2D eigenvalue weighted by atomic mass is 9.92. The van der Waals surface area contributed by atoms with E-state index in [1.807, 2.05) is 24.3 Å². The Morgan fingerprint density at radius 1 is 1.12 bits per heavy atom. The lowest BCUT2D eigenvalue weighted by Gasteiger charge is -2.20. The molecule has 0 aliphatic rings. The SMILES string of the molecule is CCC(CC)C(O)Cc1ccc(OC)cc1. The first-order valence-corrected chi connectivity index (χ1v) is 6.02. The molecule has 2 heteroatoms. The Bertz CT molecular complexity index is 288. The van der Waals surface area contributed by atoms with E-state index in [-0.39, 0.29) is 6.10 Å². The van der Waals surface area contributed by atoms with E-state index in [0.717, 1.165) is 25.0 Å². The van der Waals surface area contributed by atoms with Crippen LogP contribution in [0.4, 0.5) is 0 Å². The summed E-state index contributed by atoms with van der Waals surface area (Å²) in [6.45, 7) is 4.26. The summed E-state index contributed by atoms with van der Waals surface area (Å²) in [6.07, 6.45) is 2.57. The van der Waals surface area contributed by atoms with Crippen LogP contribution in [0.5, 0.6) is 5.75 Å². The molecule has 0 amide bonds. The third-order valence-corrected chi connectivity index (χ3v) is 3.20. The number of ether oxygens (including phenoxy) is 1. The van der Waals surface area contributed by atoms with E-state index in [2.05, 4.69) is 13.8 Å². The molecular weight excluding hydrogens is 200 g/mol. The van der Waals surface area contributed by atoms with Crippen molar-refractivity contribution in [1.82, 2.24) is 0 Å². The molecule has 1 aromatic carbocycles. The van der Waals surface area contributed by atoms with Crippen LogP contribution in [0.2, 0.25) is 0 Å². The number of aliphatic hydroxyl groups is 1. The summed E-state index contributed by atoms with van der Waals surface area (Å²) in [5.74, 6) is 1.27. The molecule has 0 radical (unpaired) electrons. The van der Waals surface area contributed by atoms with Gasteiger partial charge < -0.3 is 9.84 Å². The molecule has 16 heavy (non-hydrogen) atoms. The molecule has 0 spiro atoms. The standard InChI is InChI=1S/C14H22O2/c1-4-12(5-2)14(15)10-11-6-8-13(16-3)9-7-11/h6-9,12,14-15H,4-5,10H2,1-3H3. The zero-order valence-electron chi connectivity index (χ0n) is 10.4. The van der Waals surface area contributed by atoms with Crippen LogP contribution in [0, 0.1) is 5.92 Å². The second kappa shape index (κ2) is 6.54. The van der Waals surface area contributed by atoms with Gasteiger partial charge in [0.25, 0.3) is 0 Å². The van der Waals surface area contributed by atoms with Crippen molar-refractivity contribution in [3.05, 3.63) is 29.8 Å². The van der Waals surface area contributed by atoms with Gasteiger partial charge in [0.15, 0.2) is 0 Å². The summed E-state index contributed by atoms with van der Waals surface area (Å²) >= 11 is 0. The van der Waals surface area contributed by atoms with Crippen LogP contribution in [0.15, 0.2) is 24.3 Å². The first-order chi connectivity index (χ1) is 7.71. The first-order valence-electron chi connectivity index (χ1n) is 6.02. The summed E-state index contributed by atoms with van der Waals surface area (Å²) in [5.41, 5.74) is 1.17. The lowest BCUT2D eigenvalue weighted by Crippen LogP contribution is -2.21. The van der Waals surface area contributed by atoms with Gasteiger partial charge in [-0.15, -0.1) is 0 Å². The largest absolute Gasteiger partial charge is 0.497 e. The minimum Gasteiger partial charge on any atom is -0.497 e. The van der Waals surface area contributed by atoms with Gasteiger partial charge in [0.2, 0.25) is 0 Å². The van der Waals surface area contributed by atoms with Crippen molar-refractivity contribution in [3.63, 3.8) is 0 Å². The fourth-order valence-corrected chi connectivity index (χ4v) is 2.00. The van der Waals surface area contributed by atoms with Gasteiger partial charge in [0.1, 0.15) is 5.75 Å². The second-order valence-electron chi connectivity index (χ2n) is 4.20. The third kappa shape index (κ3) is 3.53. The molecule has 1 N–H and O–H groups in total. The molecule has 1 aromatic rings. The van der Waals surface area contributed by atoms with E-state index in [0.29, 0.717) is 5.92 Å². The molecule has 0 bridgehead atoms. The zero-order valence-corrected chi connectivity index (χ0v) is 10.4. The highest BCUT2D eigenvalue weighted by Crippen LogP contribution is 2.19. The second-order valence-corrected chi connectivity index (χ2v) is 4.20. The van der Waals surface area contributed by atoms with Crippen molar-refractivity contribution in [2.24, 2.45) is 5.92 Å². The fourth-order valence-electron chi connectivity index (χ4n) is 2.00. The summed E-state index contributed by atoms with van der Waals surface area (Å²) in [6, 6.07) is 7.92. The van der Waals surface area contributed by atoms with Gasteiger partial charge in [-0.25, -0.2) is 0 Å². The van der Waals surface area contributed by atoms with Gasteiger partial charge in [0, 0.05) is 0 Å². The van der Waals surface area contributed by atoms with Crippen LogP contribution in [-0.4, -0.2) is 18.3 Å². The van der Waals surface area contributed by atoms with Gasteiger partial charge in [-0.1, -0.05) is 38.8 Å². The number of methoxy groups -OCH3 is 1. The molecule has 90 valence electrons. The number of benzene rings is 1. The van der Waals surface area contributed by atoms with E-state index in [9.17, 15) is 5.11 Å². The lowest BCUT2D eigenvalue weighted by molar-refractivity contribution is 0.103. The predicted molar refractivity (Wildman–Crippen MR) is 66.8 cm³/mol. The van der Waals surface area contributed by atoms with E-state index < -0.39 is 0 Å². The highest BCUT2D eigenvalue weighted by molar-refractivity contribution is 5.27. The third-order valence-electron chi connectivity index (χ3n) is 3.20. The first kappa shape index (κ1) is 13.0. The average Bonchev–Trinajstić information content (AvgIpc) is 2.31. The topological polar surface area (TPSA) is 29.5 Å². The van der Waals surface area contributed by atoms with Gasteiger partial charge in [0.05, 0.1) is 13.2 Å². The number of hydrogen-bond acceptors (Lipinski definition) is 2. The van der Waals surface area contributed by atoms with E-state index in [1.165, 1.54) is 5.56 Å². The van der Waals surface area contributed by atoms with Crippen LogP contribution in [0.1, 0.15) is 32.3 Å². The molecule has 0 aliphatic heterocycles. The Morgan fingerprint density at radius 3 is 2.12 bits per heavy atom. The van der Waals surface area contributed by atoms with Crippen LogP contribution in [0.25, 0.3) is 0 Å². The molecule has 0 saturated heterocycles. The molecular formula is C14H22O2. The maximum Gasteiger partial charge on any atom is 0.118 e. The smallest absolute Gasteiger partial charge is 0.118 e. The van der Waals surface area contributed by atoms with Crippen LogP contribution >= 0.6 is 0 Å². The Balaban J connectivity index is 2.58. The minimum atomic E-state index is -0.233. The highest BCUT2D eigenvalue weighted by atomic mass is 16.5. The van der Waals surface area contributed by atoms with Gasteiger partial charge in [-0.2, -0.15) is 0 Å². The normalized spacial score (nSPS) is 12.8. The van der Waals surface area contributed by atoms with Crippen molar-refractivity contribution >= 4 is 0 Å². The maximum atomic E-state index is 10.1. The summed E-state index contributed by atoms with van der Waals surface area (Å²) in [7, 11) is 1.66. The molecule has 0 aromatic heterocycles. The summed E-state index contributed by atoms with van der Waals surface area (Å²) < 4.78 is 5.10. The molecule has 1 rings (SSSR count). The number of aliphatic hydroxyl groups excluding tert-OH is 1. The number of rotatable bonds is 6. The maximum absolute atomic E-state index is 10.1. The van der Waals surface area contributed by atoms with Crippen molar-refractivity contribution in [2.45, 2.75) is 39.2 Å². The van der Waals surface area contributed by atoms with Crippen LogP contribution < -0.4 is 4.74 Å². The fraction of sp³-hybridized carbons (Fsp3) is 0.571. The molecule has 1 unspecified atom stereocenters. The Kier molecular flexibility index (Phi) is 5.33. The van der Waals surface area contributed by atoms with Crippen molar-refractivity contribution in [2.75, 3.05) is 7.11 Å². The van der Waals surface area contributed by atoms with E-state index >= 15 is 0 Å². The van der Waals surface area contributed by atoms with Gasteiger partial charge in [-0.3, -0.25) is 0 Å². The highest BCUT2D eigenvalue weighted by Gasteiger charge is 2.15. The minimum absolute atomic E-state index is 0.233. The summed E-state index contributed by atoms with van der Waals surface area (Å²) in [5, 5.41) is 10.1. The monoisotopic (exact) mass is 222 g/mol. The van der Waals surface area contributed by atoms with Crippen molar-refractivity contribution in [1.29, 1.82) is 0 Å². The Hall–Kier alpha value is -1.02. The van der Waals surface area contributed by atoms with Gasteiger partial charge >= 0.3 is 0 Å². The zero-order chi connectivity index (χ0) is 12.0. The summed E-state index contributed by atoms with van der Waals surface area (Å²) in [4.78, 5) is 0. The molecule has 0 aliphatic carbocycles. The Labute approximate surface area is 98.3 Å². The molecule has 2 nitrogen and oxygen atoms in total. The van der Waals surface area contributed by atoms with Crippen LogP contribution in [-0.2, 0) is 6.42 Å². The van der Waals surface area contributed by atoms with Crippen LogP contribution in [0.3, 0.4) is 0 Å². The quantitative estimate of drug-likeness (QED) is 0.801. The Morgan fingerprint density at radius 2 is 1.69 bits per heavy atom. The number of hydrogen-bond donors (Lipinski definition) is 1. The predicted octanol–water partition coefficient (Wildman–Crippen LogP) is 3.03. The molecule has 0 saturated carbocycles.